The third-order valence-electron chi connectivity index (χ3n) is 1.88. The molecule has 0 aliphatic rings. The Labute approximate surface area is 85.9 Å². The lowest BCUT2D eigenvalue weighted by Crippen LogP contribution is -2.13. The second-order valence-corrected chi connectivity index (χ2v) is 3.37. The highest BCUT2D eigenvalue weighted by molar-refractivity contribution is 5.70. The zero-order chi connectivity index (χ0) is 11.6. The van der Waals surface area contributed by atoms with Gasteiger partial charge in [-0.15, -0.1) is 0 Å². The Morgan fingerprint density at radius 2 is 1.80 bits per heavy atom. The minimum atomic E-state index is -1.12. The zero-order valence-electron chi connectivity index (χ0n) is 8.42. The van der Waals surface area contributed by atoms with Crippen LogP contribution in [-0.2, 0) is 11.2 Å². The van der Waals surface area contributed by atoms with Gasteiger partial charge in [0.25, 0.3) is 0 Å². The van der Waals surface area contributed by atoms with Gasteiger partial charge in [0, 0.05) is 14.1 Å². The maximum atomic E-state index is 13.3. The predicted molar refractivity (Wildman–Crippen MR) is 52.0 cm³/mol. The molecule has 82 valence electrons. The van der Waals surface area contributed by atoms with Gasteiger partial charge in [0.05, 0.1) is 6.42 Å². The summed E-state index contributed by atoms with van der Waals surface area (Å²) < 4.78 is 26.7. The summed E-state index contributed by atoms with van der Waals surface area (Å²) in [7, 11) is 3.02. The molecule has 15 heavy (non-hydrogen) atoms. The van der Waals surface area contributed by atoms with Crippen LogP contribution in [0.25, 0.3) is 0 Å². The number of halogens is 2. The molecule has 0 saturated carbocycles. The van der Waals surface area contributed by atoms with Gasteiger partial charge in [0.1, 0.15) is 17.3 Å². The Hall–Kier alpha value is -1.65. The zero-order valence-corrected chi connectivity index (χ0v) is 8.42. The van der Waals surface area contributed by atoms with E-state index in [2.05, 4.69) is 0 Å². The third kappa shape index (κ3) is 2.65. The fourth-order valence-electron chi connectivity index (χ4n) is 1.32. The minimum absolute atomic E-state index is 0.114. The van der Waals surface area contributed by atoms with Crippen LogP contribution in [0.5, 0.6) is 0 Å². The van der Waals surface area contributed by atoms with Crippen molar-refractivity contribution in [1.82, 2.24) is 0 Å². The molecule has 1 aromatic carbocycles. The molecular formula is C10H11F2NO2. The quantitative estimate of drug-likeness (QED) is 0.833. The van der Waals surface area contributed by atoms with Crippen LogP contribution in [0, 0.1) is 11.6 Å². The molecule has 0 atom stereocenters. The third-order valence-corrected chi connectivity index (χ3v) is 1.88. The van der Waals surface area contributed by atoms with Crippen molar-refractivity contribution in [2.75, 3.05) is 19.0 Å². The molecule has 1 aromatic rings. The number of hydrogen-bond donors (Lipinski definition) is 1. The van der Waals surface area contributed by atoms with E-state index in [4.69, 9.17) is 5.11 Å². The van der Waals surface area contributed by atoms with Crippen LogP contribution in [0.3, 0.4) is 0 Å². The highest BCUT2D eigenvalue weighted by atomic mass is 19.1. The van der Waals surface area contributed by atoms with Crippen molar-refractivity contribution in [2.24, 2.45) is 0 Å². The predicted octanol–water partition coefficient (Wildman–Crippen LogP) is 1.66. The van der Waals surface area contributed by atoms with Gasteiger partial charge in [0.2, 0.25) is 0 Å². The maximum absolute atomic E-state index is 13.3. The maximum Gasteiger partial charge on any atom is 0.307 e. The van der Waals surface area contributed by atoms with Crippen molar-refractivity contribution in [3.05, 3.63) is 29.3 Å². The Bertz CT molecular complexity index is 368. The topological polar surface area (TPSA) is 40.5 Å². The van der Waals surface area contributed by atoms with E-state index in [9.17, 15) is 13.6 Å². The Morgan fingerprint density at radius 1 is 1.33 bits per heavy atom. The molecule has 0 heterocycles. The lowest BCUT2D eigenvalue weighted by molar-refractivity contribution is -0.136. The lowest BCUT2D eigenvalue weighted by atomic mass is 10.1. The first-order valence-corrected chi connectivity index (χ1v) is 4.29. The molecule has 5 heteroatoms. The Balaban J connectivity index is 3.13. The lowest BCUT2D eigenvalue weighted by Gasteiger charge is -2.15. The molecule has 0 aliphatic carbocycles. The number of hydrogen-bond acceptors (Lipinski definition) is 2. The van der Waals surface area contributed by atoms with E-state index in [1.807, 2.05) is 0 Å². The Morgan fingerprint density at radius 3 is 2.13 bits per heavy atom. The molecule has 0 bridgehead atoms. The van der Waals surface area contributed by atoms with E-state index in [-0.39, 0.29) is 17.7 Å². The first kappa shape index (κ1) is 11.4. The minimum Gasteiger partial charge on any atom is -0.481 e. The van der Waals surface area contributed by atoms with Crippen LogP contribution < -0.4 is 4.90 Å². The summed E-state index contributed by atoms with van der Waals surface area (Å²) in [5.74, 6) is -2.63. The number of rotatable bonds is 3. The first-order chi connectivity index (χ1) is 6.91. The normalized spacial score (nSPS) is 10.1. The van der Waals surface area contributed by atoms with E-state index in [0.717, 1.165) is 12.1 Å². The Kier molecular flexibility index (Phi) is 3.24. The van der Waals surface area contributed by atoms with Crippen LogP contribution in [-0.4, -0.2) is 25.2 Å². The van der Waals surface area contributed by atoms with E-state index >= 15 is 0 Å². The summed E-state index contributed by atoms with van der Waals surface area (Å²) in [6.07, 6.45) is -0.387. The number of carboxylic acid groups (broad SMARTS) is 1. The van der Waals surface area contributed by atoms with E-state index in [1.54, 1.807) is 0 Å². The largest absolute Gasteiger partial charge is 0.481 e. The summed E-state index contributed by atoms with van der Waals surface area (Å²) in [6, 6.07) is 2.07. The molecule has 0 saturated heterocycles. The molecular weight excluding hydrogens is 204 g/mol. The first-order valence-electron chi connectivity index (χ1n) is 4.29. The van der Waals surface area contributed by atoms with E-state index < -0.39 is 17.6 Å². The van der Waals surface area contributed by atoms with Crippen LogP contribution in [0.4, 0.5) is 14.5 Å². The molecule has 0 spiro atoms. The standard InChI is InChI=1S/C10H11F2NO2/c1-13(2)10-7(11)3-6(4-8(10)12)5-9(14)15/h3-4H,5H2,1-2H3,(H,14,15). The molecule has 0 aliphatic heterocycles. The monoisotopic (exact) mass is 215 g/mol. The fraction of sp³-hybridized carbons (Fsp3) is 0.300. The van der Waals surface area contributed by atoms with Crippen molar-refractivity contribution < 1.29 is 18.7 Å². The molecule has 1 N–H and O–H groups in total. The molecule has 3 nitrogen and oxygen atoms in total. The number of anilines is 1. The van der Waals surface area contributed by atoms with Gasteiger partial charge in [-0.25, -0.2) is 8.78 Å². The average Bonchev–Trinajstić information content (AvgIpc) is 1.99. The van der Waals surface area contributed by atoms with Gasteiger partial charge in [0.15, 0.2) is 0 Å². The van der Waals surface area contributed by atoms with Crippen molar-refractivity contribution in [2.45, 2.75) is 6.42 Å². The average molecular weight is 215 g/mol. The summed E-state index contributed by atoms with van der Waals surface area (Å²) >= 11 is 0. The SMILES string of the molecule is CN(C)c1c(F)cc(CC(=O)O)cc1F. The second-order valence-electron chi connectivity index (χ2n) is 3.37. The molecule has 0 amide bonds. The fourth-order valence-corrected chi connectivity index (χ4v) is 1.32. The number of benzene rings is 1. The van der Waals surface area contributed by atoms with Gasteiger partial charge in [-0.3, -0.25) is 4.79 Å². The van der Waals surface area contributed by atoms with Gasteiger partial charge < -0.3 is 10.0 Å². The second kappa shape index (κ2) is 4.25. The summed E-state index contributed by atoms with van der Waals surface area (Å²) in [6.45, 7) is 0. The molecule has 0 aromatic heterocycles. The van der Waals surface area contributed by atoms with Gasteiger partial charge in [-0.2, -0.15) is 0 Å². The van der Waals surface area contributed by atoms with Crippen LogP contribution in [0.15, 0.2) is 12.1 Å². The number of carboxylic acids is 1. The van der Waals surface area contributed by atoms with Crippen LogP contribution >= 0.6 is 0 Å². The van der Waals surface area contributed by atoms with Crippen LogP contribution in [0.2, 0.25) is 0 Å². The van der Waals surface area contributed by atoms with Crippen molar-refractivity contribution in [1.29, 1.82) is 0 Å². The molecule has 1 rings (SSSR count). The van der Waals surface area contributed by atoms with E-state index in [1.165, 1.54) is 19.0 Å². The molecule has 0 unspecified atom stereocenters. The van der Waals surface area contributed by atoms with Crippen molar-refractivity contribution in [3.8, 4) is 0 Å². The molecule has 0 radical (unpaired) electrons. The molecule has 0 fully saturated rings. The smallest absolute Gasteiger partial charge is 0.307 e. The van der Waals surface area contributed by atoms with Crippen LogP contribution in [0.1, 0.15) is 5.56 Å². The number of aliphatic carboxylic acids is 1. The summed E-state index contributed by atoms with van der Waals surface area (Å²) in [5.41, 5.74) is -0.0489. The highest BCUT2D eigenvalue weighted by Crippen LogP contribution is 2.23. The number of carbonyl (C=O) groups is 1. The van der Waals surface area contributed by atoms with Gasteiger partial charge >= 0.3 is 5.97 Å². The van der Waals surface area contributed by atoms with Gasteiger partial charge in [-0.1, -0.05) is 0 Å². The van der Waals surface area contributed by atoms with E-state index in [0.29, 0.717) is 0 Å². The summed E-state index contributed by atoms with van der Waals surface area (Å²) in [5, 5.41) is 8.47. The highest BCUT2D eigenvalue weighted by Gasteiger charge is 2.13. The van der Waals surface area contributed by atoms with Crippen molar-refractivity contribution >= 4 is 11.7 Å². The van der Waals surface area contributed by atoms with Crippen molar-refractivity contribution in [3.63, 3.8) is 0 Å². The summed E-state index contributed by atoms with van der Waals surface area (Å²) in [4.78, 5) is 11.7. The van der Waals surface area contributed by atoms with Gasteiger partial charge in [-0.05, 0) is 17.7 Å². The number of nitrogens with zero attached hydrogens (tertiary/aromatic N) is 1.